The molecule has 2 aromatic rings. The summed E-state index contributed by atoms with van der Waals surface area (Å²) in [6.45, 7) is 7.36. The maximum absolute atomic E-state index is 12.7. The highest BCUT2D eigenvalue weighted by Crippen LogP contribution is 2.39. The van der Waals surface area contributed by atoms with Crippen molar-refractivity contribution >= 4 is 11.8 Å². The second-order valence-electron chi connectivity index (χ2n) is 6.43. The quantitative estimate of drug-likeness (QED) is 0.645. The fraction of sp³-hybridized carbons (Fsp3) is 0.364. The van der Waals surface area contributed by atoms with Crippen LogP contribution in [0.25, 0.3) is 0 Å². The third kappa shape index (κ3) is 4.76. The lowest BCUT2D eigenvalue weighted by atomic mass is 10.1. The van der Waals surface area contributed by atoms with Crippen LogP contribution in [0.1, 0.15) is 47.1 Å². The van der Waals surface area contributed by atoms with Gasteiger partial charge in [0.25, 0.3) is 11.8 Å². The van der Waals surface area contributed by atoms with E-state index in [-0.39, 0.29) is 5.56 Å². The zero-order chi connectivity index (χ0) is 21.5. The Morgan fingerprint density at radius 3 is 2.07 bits per heavy atom. The summed E-state index contributed by atoms with van der Waals surface area (Å²) in [5.74, 6) is 1.12. The van der Waals surface area contributed by atoms with Crippen molar-refractivity contribution in [3.05, 3.63) is 47.0 Å². The van der Waals surface area contributed by atoms with Crippen LogP contribution < -0.4 is 29.8 Å². The van der Waals surface area contributed by atoms with E-state index < -0.39 is 11.8 Å². The number of hydrazine groups is 1. The number of amides is 2. The molecule has 160 valence electrons. The van der Waals surface area contributed by atoms with Gasteiger partial charge < -0.3 is 18.9 Å². The van der Waals surface area contributed by atoms with Gasteiger partial charge in [-0.15, -0.1) is 0 Å². The van der Waals surface area contributed by atoms with E-state index in [2.05, 4.69) is 10.9 Å². The fourth-order valence-corrected chi connectivity index (χ4v) is 3.11. The Morgan fingerprint density at radius 1 is 0.867 bits per heavy atom. The van der Waals surface area contributed by atoms with Gasteiger partial charge in [-0.2, -0.15) is 0 Å². The van der Waals surface area contributed by atoms with Crippen LogP contribution in [0.3, 0.4) is 0 Å². The molecule has 2 amide bonds. The Hall–Kier alpha value is -3.42. The van der Waals surface area contributed by atoms with Crippen molar-refractivity contribution < 1.29 is 28.5 Å². The maximum Gasteiger partial charge on any atom is 0.269 e. The van der Waals surface area contributed by atoms with Gasteiger partial charge in [0, 0.05) is 17.5 Å². The molecular weight excluding hydrogens is 388 g/mol. The van der Waals surface area contributed by atoms with Crippen LogP contribution in [0, 0.1) is 0 Å². The smallest absolute Gasteiger partial charge is 0.269 e. The molecule has 1 aliphatic rings. The van der Waals surface area contributed by atoms with E-state index in [1.165, 1.54) is 0 Å². The molecule has 0 saturated carbocycles. The minimum absolute atomic E-state index is 0.271. The highest BCUT2D eigenvalue weighted by atomic mass is 16.5. The minimum atomic E-state index is -0.502. The highest BCUT2D eigenvalue weighted by molar-refractivity contribution is 5.99. The molecule has 1 aliphatic heterocycles. The molecule has 0 radical (unpaired) electrons. The lowest BCUT2D eigenvalue weighted by molar-refractivity contribution is 0.0846. The molecule has 0 atom stereocenters. The number of hydrogen-bond donors (Lipinski definition) is 2. The topological polar surface area (TPSA) is 95.1 Å². The number of hydrogen-bond acceptors (Lipinski definition) is 6. The van der Waals surface area contributed by atoms with E-state index in [1.807, 2.05) is 20.8 Å². The third-order valence-corrected chi connectivity index (χ3v) is 4.41. The van der Waals surface area contributed by atoms with E-state index in [0.717, 1.165) is 17.7 Å². The van der Waals surface area contributed by atoms with Gasteiger partial charge in [0.15, 0.2) is 11.5 Å². The van der Waals surface area contributed by atoms with Gasteiger partial charge >= 0.3 is 0 Å². The van der Waals surface area contributed by atoms with E-state index in [9.17, 15) is 9.59 Å². The Kier molecular flexibility index (Phi) is 7.00. The normalized spacial score (nSPS) is 11.8. The van der Waals surface area contributed by atoms with Crippen molar-refractivity contribution in [2.45, 2.75) is 27.2 Å². The average Bonchev–Trinajstić information content (AvgIpc) is 3.22. The summed E-state index contributed by atoms with van der Waals surface area (Å²) in [6.07, 6.45) is 0.759. The van der Waals surface area contributed by atoms with E-state index in [4.69, 9.17) is 18.9 Å². The first-order chi connectivity index (χ1) is 14.6. The largest absolute Gasteiger partial charge is 0.493 e. The Labute approximate surface area is 175 Å². The molecule has 3 rings (SSSR count). The number of ether oxygens (including phenoxy) is 4. The van der Waals surface area contributed by atoms with Gasteiger partial charge in [-0.3, -0.25) is 20.4 Å². The highest BCUT2D eigenvalue weighted by Gasteiger charge is 2.19. The van der Waals surface area contributed by atoms with Gasteiger partial charge in [0.2, 0.25) is 5.75 Å². The van der Waals surface area contributed by atoms with Gasteiger partial charge in [-0.25, -0.2) is 0 Å². The number of nitrogens with one attached hydrogen (secondary N) is 2. The number of benzene rings is 2. The summed E-state index contributed by atoms with van der Waals surface area (Å²) < 4.78 is 22.3. The van der Waals surface area contributed by atoms with Crippen molar-refractivity contribution in [3.8, 4) is 23.0 Å². The van der Waals surface area contributed by atoms with Crippen molar-refractivity contribution in [2.75, 3.05) is 26.4 Å². The molecule has 0 aromatic heterocycles. The van der Waals surface area contributed by atoms with Gasteiger partial charge in [0.1, 0.15) is 5.75 Å². The van der Waals surface area contributed by atoms with Crippen LogP contribution in [0.2, 0.25) is 0 Å². The van der Waals surface area contributed by atoms with Crippen LogP contribution in [-0.4, -0.2) is 38.2 Å². The van der Waals surface area contributed by atoms with Crippen molar-refractivity contribution in [1.82, 2.24) is 10.9 Å². The summed E-state index contributed by atoms with van der Waals surface area (Å²) in [6, 6.07) is 8.30. The standard InChI is InChI=1S/C22H26N2O6/c1-4-27-18-12-16(13-19(28-5-2)20(18)29-6-3)22(26)24-23-21(25)15-7-8-17-14(11-15)9-10-30-17/h7-8,11-13H,4-6,9-10H2,1-3H3,(H,23,25)(H,24,26). The SMILES string of the molecule is CCOc1cc(C(=O)NNC(=O)c2ccc3c(c2)CCO3)cc(OCC)c1OCC. The summed E-state index contributed by atoms with van der Waals surface area (Å²) in [5.41, 5.74) is 6.56. The van der Waals surface area contributed by atoms with Crippen LogP contribution in [0.5, 0.6) is 23.0 Å². The number of fused-ring (bicyclic) bond motifs is 1. The lowest BCUT2D eigenvalue weighted by Crippen LogP contribution is -2.41. The van der Waals surface area contributed by atoms with E-state index in [1.54, 1.807) is 30.3 Å². The molecule has 8 heteroatoms. The maximum atomic E-state index is 12.7. The van der Waals surface area contributed by atoms with E-state index in [0.29, 0.717) is 49.2 Å². The van der Waals surface area contributed by atoms with E-state index >= 15 is 0 Å². The number of carbonyl (C=O) groups excluding carboxylic acids is 2. The number of rotatable bonds is 8. The molecule has 8 nitrogen and oxygen atoms in total. The molecular formula is C22H26N2O6. The molecule has 2 aromatic carbocycles. The van der Waals surface area contributed by atoms with Crippen molar-refractivity contribution in [3.63, 3.8) is 0 Å². The summed E-state index contributed by atoms with van der Waals surface area (Å²) >= 11 is 0. The molecule has 1 heterocycles. The number of carbonyl (C=O) groups is 2. The van der Waals surface area contributed by atoms with Crippen LogP contribution >= 0.6 is 0 Å². The molecule has 2 N–H and O–H groups in total. The predicted molar refractivity (Wildman–Crippen MR) is 111 cm³/mol. The zero-order valence-corrected chi connectivity index (χ0v) is 17.4. The molecule has 0 bridgehead atoms. The minimum Gasteiger partial charge on any atom is -0.493 e. The Balaban J connectivity index is 1.74. The lowest BCUT2D eigenvalue weighted by Gasteiger charge is -2.17. The summed E-state index contributed by atoms with van der Waals surface area (Å²) in [7, 11) is 0. The van der Waals surface area contributed by atoms with Crippen LogP contribution in [0.4, 0.5) is 0 Å². The molecule has 0 saturated heterocycles. The summed E-state index contributed by atoms with van der Waals surface area (Å²) in [5, 5.41) is 0. The van der Waals surface area contributed by atoms with Crippen molar-refractivity contribution in [2.24, 2.45) is 0 Å². The fourth-order valence-electron chi connectivity index (χ4n) is 3.11. The molecule has 30 heavy (non-hydrogen) atoms. The Bertz CT molecular complexity index is 901. The van der Waals surface area contributed by atoms with Crippen molar-refractivity contribution in [1.29, 1.82) is 0 Å². The molecule has 0 spiro atoms. The molecule has 0 aliphatic carbocycles. The van der Waals surface area contributed by atoms with Crippen LogP contribution in [0.15, 0.2) is 30.3 Å². The second-order valence-corrected chi connectivity index (χ2v) is 6.43. The van der Waals surface area contributed by atoms with Gasteiger partial charge in [-0.05, 0) is 56.7 Å². The Morgan fingerprint density at radius 2 is 1.47 bits per heavy atom. The van der Waals surface area contributed by atoms with Gasteiger partial charge in [-0.1, -0.05) is 0 Å². The monoisotopic (exact) mass is 414 g/mol. The molecule has 0 unspecified atom stereocenters. The first-order valence-electron chi connectivity index (χ1n) is 10.00. The third-order valence-electron chi connectivity index (χ3n) is 4.41. The van der Waals surface area contributed by atoms with Gasteiger partial charge in [0.05, 0.1) is 26.4 Å². The summed E-state index contributed by atoms with van der Waals surface area (Å²) in [4.78, 5) is 25.1. The van der Waals surface area contributed by atoms with Crippen LogP contribution in [-0.2, 0) is 6.42 Å². The molecule has 0 fully saturated rings. The predicted octanol–water partition coefficient (Wildman–Crippen LogP) is 2.89. The first kappa shape index (κ1) is 21.3. The zero-order valence-electron chi connectivity index (χ0n) is 17.4. The first-order valence-corrected chi connectivity index (χ1v) is 10.00. The second kappa shape index (κ2) is 9.87. The average molecular weight is 414 g/mol.